The minimum Gasteiger partial charge on any atom is -0.459 e. The fraction of sp³-hybridized carbons (Fsp3) is 0.227. The number of nitrogens with zero attached hydrogens (tertiary/aromatic N) is 1. The molecule has 0 saturated carbocycles. The van der Waals surface area contributed by atoms with Crippen molar-refractivity contribution in [3.05, 3.63) is 69.6 Å². The lowest BCUT2D eigenvalue weighted by Crippen LogP contribution is -2.39. The minimum atomic E-state index is -4.07. The Bertz CT molecular complexity index is 1180. The van der Waals surface area contributed by atoms with Gasteiger partial charge in [-0.15, -0.1) is 0 Å². The molecule has 0 spiro atoms. The smallest absolute Gasteiger partial charge is 0.327 e. The molecule has 3 rings (SSSR count). The van der Waals surface area contributed by atoms with Crippen LogP contribution in [0.25, 0.3) is 10.8 Å². The quantitative estimate of drug-likeness (QED) is 0.368. The molecule has 0 amide bonds. The number of hydrogen-bond donors (Lipinski definition) is 0. The highest BCUT2D eigenvalue weighted by atomic mass is 79.9. The van der Waals surface area contributed by atoms with Gasteiger partial charge in [-0.25, -0.2) is 8.42 Å². The number of esters is 1. The molecule has 0 fully saturated rings. The van der Waals surface area contributed by atoms with E-state index in [0.717, 1.165) is 15.1 Å². The molecule has 5 nitrogen and oxygen atoms in total. The van der Waals surface area contributed by atoms with Gasteiger partial charge in [0, 0.05) is 14.3 Å². The fourth-order valence-corrected chi connectivity index (χ4v) is 6.12. The Kier molecular flexibility index (Phi) is 6.60. The lowest BCUT2D eigenvalue weighted by Gasteiger charge is -2.27. The molecule has 0 N–H and O–H groups in total. The number of benzene rings is 3. The van der Waals surface area contributed by atoms with E-state index >= 15 is 0 Å². The first-order valence-electron chi connectivity index (χ1n) is 9.16. The SMILES string of the molecule is CC(C)(C)OC(=O)CN(c1cccc2ccccc12)S(=O)(=O)c1cc(Br)cc(Br)c1. The zero-order valence-corrected chi connectivity index (χ0v) is 20.7. The summed E-state index contributed by atoms with van der Waals surface area (Å²) in [5.41, 5.74) is -0.320. The van der Waals surface area contributed by atoms with Crippen LogP contribution in [0, 0.1) is 0 Å². The standard InChI is InChI=1S/C22H21Br2NO4S/c1-22(2,3)29-21(26)14-25(20-10-6-8-15-7-4-5-9-19(15)20)30(27,28)18-12-16(23)11-17(24)13-18/h4-13H,14H2,1-3H3. The highest BCUT2D eigenvalue weighted by Crippen LogP contribution is 2.33. The first-order valence-corrected chi connectivity index (χ1v) is 12.2. The Hall–Kier alpha value is -1.90. The summed E-state index contributed by atoms with van der Waals surface area (Å²) < 4.78 is 35.0. The van der Waals surface area contributed by atoms with Gasteiger partial charge in [0.1, 0.15) is 12.1 Å². The number of ether oxygens (including phenoxy) is 1. The zero-order chi connectivity index (χ0) is 22.1. The second-order valence-electron chi connectivity index (χ2n) is 7.70. The van der Waals surface area contributed by atoms with Crippen molar-refractivity contribution in [2.45, 2.75) is 31.3 Å². The van der Waals surface area contributed by atoms with Gasteiger partial charge in [0.15, 0.2) is 0 Å². The summed E-state index contributed by atoms with van der Waals surface area (Å²) in [6, 6.07) is 17.6. The third-order valence-electron chi connectivity index (χ3n) is 4.15. The largest absolute Gasteiger partial charge is 0.459 e. The van der Waals surface area contributed by atoms with Gasteiger partial charge < -0.3 is 4.74 Å². The maximum Gasteiger partial charge on any atom is 0.327 e. The van der Waals surface area contributed by atoms with Gasteiger partial charge >= 0.3 is 5.97 Å². The monoisotopic (exact) mass is 553 g/mol. The van der Waals surface area contributed by atoms with Gasteiger partial charge in [-0.1, -0.05) is 68.3 Å². The van der Waals surface area contributed by atoms with Crippen LogP contribution in [0.4, 0.5) is 5.69 Å². The van der Waals surface area contributed by atoms with Crippen molar-refractivity contribution in [1.82, 2.24) is 0 Å². The van der Waals surface area contributed by atoms with Crippen LogP contribution in [0.1, 0.15) is 20.8 Å². The van der Waals surface area contributed by atoms with Crippen LogP contribution in [0.5, 0.6) is 0 Å². The van der Waals surface area contributed by atoms with E-state index in [2.05, 4.69) is 31.9 Å². The number of carbonyl (C=O) groups excluding carboxylic acids is 1. The molecule has 0 aliphatic rings. The number of hydrogen-bond acceptors (Lipinski definition) is 4. The van der Waals surface area contributed by atoms with Crippen molar-refractivity contribution < 1.29 is 17.9 Å². The fourth-order valence-electron chi connectivity index (χ4n) is 3.02. The Morgan fingerprint density at radius 2 is 1.57 bits per heavy atom. The molecule has 0 radical (unpaired) electrons. The molecule has 0 unspecified atom stereocenters. The topological polar surface area (TPSA) is 63.7 Å². The van der Waals surface area contributed by atoms with Gasteiger partial charge in [-0.2, -0.15) is 0 Å². The predicted octanol–water partition coefficient (Wildman–Crippen LogP) is 5.90. The first kappa shape index (κ1) is 22.8. The van der Waals surface area contributed by atoms with Gasteiger partial charge in [-0.3, -0.25) is 9.10 Å². The van der Waals surface area contributed by atoms with Crippen molar-refractivity contribution >= 4 is 64.3 Å². The van der Waals surface area contributed by atoms with Crippen LogP contribution in [0.15, 0.2) is 74.5 Å². The lowest BCUT2D eigenvalue weighted by molar-refractivity contribution is -0.152. The molecule has 8 heteroatoms. The van der Waals surface area contributed by atoms with Crippen molar-refractivity contribution in [3.63, 3.8) is 0 Å². The van der Waals surface area contributed by atoms with E-state index in [4.69, 9.17) is 4.74 Å². The number of sulfonamides is 1. The maximum absolute atomic E-state index is 13.7. The molecule has 0 aliphatic carbocycles. The summed E-state index contributed by atoms with van der Waals surface area (Å²) in [5.74, 6) is -0.631. The van der Waals surface area contributed by atoms with Crippen LogP contribution < -0.4 is 4.31 Å². The molecular weight excluding hydrogens is 534 g/mol. The normalized spacial score (nSPS) is 12.0. The number of halogens is 2. The Labute approximate surface area is 193 Å². The van der Waals surface area contributed by atoms with Crippen LogP contribution in [0.3, 0.4) is 0 Å². The summed E-state index contributed by atoms with van der Waals surface area (Å²) in [6.45, 7) is 4.78. The molecule has 0 saturated heterocycles. The Morgan fingerprint density at radius 1 is 0.967 bits per heavy atom. The number of fused-ring (bicyclic) bond motifs is 1. The van der Waals surface area contributed by atoms with Crippen LogP contribution in [0.2, 0.25) is 0 Å². The van der Waals surface area contributed by atoms with Gasteiger partial charge in [-0.05, 0) is 50.4 Å². The van der Waals surface area contributed by atoms with E-state index in [-0.39, 0.29) is 4.90 Å². The predicted molar refractivity (Wildman–Crippen MR) is 126 cm³/mol. The molecular formula is C22H21Br2NO4S. The van der Waals surface area contributed by atoms with E-state index < -0.39 is 28.1 Å². The minimum absolute atomic E-state index is 0.0558. The number of carbonyl (C=O) groups is 1. The highest BCUT2D eigenvalue weighted by Gasteiger charge is 2.30. The van der Waals surface area contributed by atoms with Crippen LogP contribution in [-0.4, -0.2) is 26.5 Å². The summed E-state index contributed by atoms with van der Waals surface area (Å²) in [4.78, 5) is 12.7. The molecule has 0 aromatic heterocycles. The Morgan fingerprint density at radius 3 is 2.20 bits per heavy atom. The summed E-state index contributed by atoms with van der Waals surface area (Å²) >= 11 is 6.67. The van der Waals surface area contributed by atoms with E-state index in [0.29, 0.717) is 14.6 Å². The molecule has 3 aromatic rings. The second kappa shape index (κ2) is 8.69. The summed E-state index contributed by atoms with van der Waals surface area (Å²) in [5, 5.41) is 1.59. The average Bonchev–Trinajstić information content (AvgIpc) is 2.63. The first-order chi connectivity index (χ1) is 14.0. The van der Waals surface area contributed by atoms with Crippen molar-refractivity contribution in [3.8, 4) is 0 Å². The van der Waals surface area contributed by atoms with Crippen molar-refractivity contribution in [2.24, 2.45) is 0 Å². The third kappa shape index (κ3) is 5.22. The third-order valence-corrected chi connectivity index (χ3v) is 6.81. The molecule has 0 atom stereocenters. The van der Waals surface area contributed by atoms with Gasteiger partial charge in [0.05, 0.1) is 10.6 Å². The molecule has 0 bridgehead atoms. The number of rotatable bonds is 5. The van der Waals surface area contributed by atoms with E-state index in [1.54, 1.807) is 39.0 Å². The second-order valence-corrected chi connectivity index (χ2v) is 11.4. The molecule has 3 aromatic carbocycles. The van der Waals surface area contributed by atoms with Crippen molar-refractivity contribution in [2.75, 3.05) is 10.8 Å². The molecule has 0 heterocycles. The van der Waals surface area contributed by atoms with Crippen LogP contribution in [-0.2, 0) is 19.6 Å². The highest BCUT2D eigenvalue weighted by molar-refractivity contribution is 9.11. The van der Waals surface area contributed by atoms with E-state index in [1.165, 1.54) is 12.1 Å². The summed E-state index contributed by atoms with van der Waals surface area (Å²) in [6.07, 6.45) is 0. The van der Waals surface area contributed by atoms with Gasteiger partial charge in [0.2, 0.25) is 0 Å². The van der Waals surface area contributed by atoms with E-state index in [9.17, 15) is 13.2 Å². The average molecular weight is 555 g/mol. The zero-order valence-electron chi connectivity index (χ0n) is 16.7. The maximum atomic E-state index is 13.7. The molecule has 158 valence electrons. The van der Waals surface area contributed by atoms with Gasteiger partial charge in [0.25, 0.3) is 10.0 Å². The molecule has 0 aliphatic heterocycles. The molecule has 30 heavy (non-hydrogen) atoms. The summed E-state index contributed by atoms with van der Waals surface area (Å²) in [7, 11) is -4.07. The lowest BCUT2D eigenvalue weighted by atomic mass is 10.1. The van der Waals surface area contributed by atoms with E-state index in [1.807, 2.05) is 30.3 Å². The Balaban J connectivity index is 2.17. The van der Waals surface area contributed by atoms with Crippen LogP contribution >= 0.6 is 31.9 Å². The number of anilines is 1. The van der Waals surface area contributed by atoms with Crippen molar-refractivity contribution in [1.29, 1.82) is 0 Å².